The molecule has 0 radical (unpaired) electrons. The van der Waals surface area contributed by atoms with Crippen LogP contribution in [0, 0.1) is 0 Å². The summed E-state index contributed by atoms with van der Waals surface area (Å²) in [4.78, 5) is 51.2. The van der Waals surface area contributed by atoms with E-state index in [4.69, 9.17) is 23.7 Å². The van der Waals surface area contributed by atoms with Crippen molar-refractivity contribution in [1.29, 1.82) is 0 Å². The molecule has 0 amide bonds. The molecule has 6 unspecified atom stereocenters. The molecule has 0 saturated carbocycles. The lowest BCUT2D eigenvalue weighted by Gasteiger charge is -2.40. The number of carboxylic acids is 1. The molecule has 3 N–H and O–H groups in total. The summed E-state index contributed by atoms with van der Waals surface area (Å²) in [5.41, 5.74) is 0. The normalized spacial score (nSPS) is 18.4. The predicted octanol–water partition coefficient (Wildman–Crippen LogP) is 16.7. The van der Waals surface area contributed by atoms with E-state index in [1.165, 1.54) is 89.9 Å². The van der Waals surface area contributed by atoms with Crippen molar-refractivity contribution in [2.75, 3.05) is 13.2 Å². The largest absolute Gasteiger partial charge is 0.479 e. The second kappa shape index (κ2) is 54.5. The Hall–Kier alpha value is -4.10. The van der Waals surface area contributed by atoms with Crippen molar-refractivity contribution in [3.63, 3.8) is 0 Å². The van der Waals surface area contributed by atoms with Crippen LogP contribution in [0.2, 0.25) is 0 Å². The van der Waals surface area contributed by atoms with Gasteiger partial charge in [-0.1, -0.05) is 215 Å². The molecule has 1 rings (SSSR count). The van der Waals surface area contributed by atoms with Crippen LogP contribution in [0.5, 0.6) is 0 Å². The van der Waals surface area contributed by atoms with E-state index in [2.05, 4.69) is 106 Å². The first kappa shape index (κ1) is 72.9. The van der Waals surface area contributed by atoms with Gasteiger partial charge >= 0.3 is 23.9 Å². The molecule has 1 aliphatic rings. The quantitative estimate of drug-likeness (QED) is 0.0228. The summed E-state index contributed by atoms with van der Waals surface area (Å²) in [7, 11) is 0. The van der Waals surface area contributed by atoms with E-state index >= 15 is 0 Å². The van der Waals surface area contributed by atoms with Crippen molar-refractivity contribution in [3.8, 4) is 0 Å². The minimum absolute atomic E-state index is 0.0482. The van der Waals surface area contributed by atoms with Gasteiger partial charge < -0.3 is 39.0 Å². The van der Waals surface area contributed by atoms with E-state index in [-0.39, 0.29) is 25.9 Å². The van der Waals surface area contributed by atoms with Crippen LogP contribution in [0.25, 0.3) is 0 Å². The Morgan fingerprint density at radius 1 is 0.430 bits per heavy atom. The number of unbranched alkanes of at least 4 members (excludes halogenated alkanes) is 25. The molecule has 1 aliphatic heterocycles. The predicted molar refractivity (Wildman–Crippen MR) is 321 cm³/mol. The number of rotatable bonds is 53. The number of allylic oxidation sites excluding steroid dienone is 14. The Labute approximate surface area is 480 Å². The lowest BCUT2D eigenvalue weighted by atomic mass is 9.98. The number of aliphatic carboxylic acids is 1. The van der Waals surface area contributed by atoms with Crippen molar-refractivity contribution in [1.82, 2.24) is 0 Å². The van der Waals surface area contributed by atoms with Crippen LogP contribution in [0.3, 0.4) is 0 Å². The molecular weight excluding hydrogens is 997 g/mol. The standard InChI is InChI=1S/C67H112O12/c1-4-7-10-13-16-19-22-25-28-29-30-31-34-37-40-43-46-49-52-55-61(70)78-65-63(72)62(71)64(66(73)74)79-67(65)76-57-58(77-60(69)54-51-48-45-42-39-36-33-27-24-21-18-15-12-9-6-3)56-75-59(68)53-50-47-44-41-38-35-32-26-23-20-17-14-11-8-5-2/h8,11,16-17,19-20,25-28,32-33,38,41,58,62-65,67,71-72H,4-7,9-10,12-15,18,21-24,29-31,34-37,39-40,42-57H2,1-3H3,(H,73,74)/b11-8-,19-16-,20-17-,28-25-,32-26-,33-27-,41-38-. The highest BCUT2D eigenvalue weighted by atomic mass is 16.7. The van der Waals surface area contributed by atoms with E-state index in [1.807, 2.05) is 0 Å². The molecular formula is C67H112O12. The molecule has 6 atom stereocenters. The van der Waals surface area contributed by atoms with Gasteiger partial charge in [0.2, 0.25) is 0 Å². The van der Waals surface area contributed by atoms with Crippen molar-refractivity contribution in [3.05, 3.63) is 85.1 Å². The summed E-state index contributed by atoms with van der Waals surface area (Å²) >= 11 is 0. The van der Waals surface area contributed by atoms with Gasteiger partial charge in [0.15, 0.2) is 24.6 Å². The number of carbonyl (C=O) groups excluding carboxylic acids is 3. The molecule has 0 aromatic heterocycles. The zero-order chi connectivity index (χ0) is 57.5. The minimum atomic E-state index is -1.91. The fourth-order valence-electron chi connectivity index (χ4n) is 9.09. The first-order valence-electron chi connectivity index (χ1n) is 31.6. The van der Waals surface area contributed by atoms with Gasteiger partial charge in [-0.2, -0.15) is 0 Å². The lowest BCUT2D eigenvalue weighted by Crippen LogP contribution is -2.61. The molecule has 12 nitrogen and oxygen atoms in total. The van der Waals surface area contributed by atoms with Crippen LogP contribution < -0.4 is 0 Å². The molecule has 1 fully saturated rings. The zero-order valence-electron chi connectivity index (χ0n) is 49.8. The molecule has 12 heteroatoms. The highest BCUT2D eigenvalue weighted by Gasteiger charge is 2.50. The van der Waals surface area contributed by atoms with Gasteiger partial charge in [0.05, 0.1) is 6.61 Å². The van der Waals surface area contributed by atoms with E-state index < -0.39 is 67.3 Å². The summed E-state index contributed by atoms with van der Waals surface area (Å²) in [6, 6.07) is 0. The second-order valence-corrected chi connectivity index (χ2v) is 21.3. The average Bonchev–Trinajstić information content (AvgIpc) is 3.46. The first-order valence-corrected chi connectivity index (χ1v) is 31.6. The van der Waals surface area contributed by atoms with E-state index in [0.29, 0.717) is 19.3 Å². The lowest BCUT2D eigenvalue weighted by molar-refractivity contribution is -0.301. The van der Waals surface area contributed by atoms with Gasteiger partial charge in [0.1, 0.15) is 18.8 Å². The van der Waals surface area contributed by atoms with E-state index in [0.717, 1.165) is 116 Å². The third-order valence-electron chi connectivity index (χ3n) is 13.9. The Bertz CT molecular complexity index is 1700. The van der Waals surface area contributed by atoms with Gasteiger partial charge in [-0.15, -0.1) is 0 Å². The van der Waals surface area contributed by atoms with E-state index in [9.17, 15) is 34.5 Å². The molecule has 0 aliphatic carbocycles. The number of aliphatic hydroxyl groups is 2. The highest BCUT2D eigenvalue weighted by molar-refractivity contribution is 5.74. The Balaban J connectivity index is 2.69. The topological polar surface area (TPSA) is 175 Å². The summed E-state index contributed by atoms with van der Waals surface area (Å²) in [6.07, 6.45) is 58.3. The Kier molecular flexibility index (Phi) is 50.3. The number of aliphatic hydroxyl groups excluding tert-OH is 2. The zero-order valence-corrected chi connectivity index (χ0v) is 49.8. The van der Waals surface area contributed by atoms with Crippen molar-refractivity contribution in [2.24, 2.45) is 0 Å². The Morgan fingerprint density at radius 2 is 0.797 bits per heavy atom. The third kappa shape index (κ3) is 44.3. The minimum Gasteiger partial charge on any atom is -0.479 e. The molecule has 0 bridgehead atoms. The molecule has 0 aromatic carbocycles. The van der Waals surface area contributed by atoms with Crippen molar-refractivity contribution in [2.45, 2.75) is 302 Å². The van der Waals surface area contributed by atoms with E-state index in [1.54, 1.807) is 0 Å². The number of ether oxygens (including phenoxy) is 5. The number of hydrogen-bond acceptors (Lipinski definition) is 11. The fraction of sp³-hybridized carbons (Fsp3) is 0.731. The third-order valence-corrected chi connectivity index (χ3v) is 13.9. The van der Waals surface area contributed by atoms with Crippen molar-refractivity contribution < 1.29 is 58.2 Å². The van der Waals surface area contributed by atoms with Crippen LogP contribution in [-0.4, -0.2) is 89.2 Å². The summed E-state index contributed by atoms with van der Waals surface area (Å²) < 4.78 is 28.4. The molecule has 0 aromatic rings. The number of carbonyl (C=O) groups is 4. The maximum atomic E-state index is 13.2. The van der Waals surface area contributed by atoms with Crippen LogP contribution in [0.4, 0.5) is 0 Å². The highest BCUT2D eigenvalue weighted by Crippen LogP contribution is 2.26. The van der Waals surface area contributed by atoms with Crippen molar-refractivity contribution >= 4 is 23.9 Å². The van der Waals surface area contributed by atoms with Crippen LogP contribution in [0.15, 0.2) is 85.1 Å². The second-order valence-electron chi connectivity index (χ2n) is 21.3. The molecule has 0 spiro atoms. The molecule has 79 heavy (non-hydrogen) atoms. The summed E-state index contributed by atoms with van der Waals surface area (Å²) in [6.45, 7) is 5.82. The average molecular weight is 1110 g/mol. The maximum Gasteiger partial charge on any atom is 0.335 e. The monoisotopic (exact) mass is 1110 g/mol. The smallest absolute Gasteiger partial charge is 0.335 e. The fourth-order valence-corrected chi connectivity index (χ4v) is 9.09. The van der Waals surface area contributed by atoms with Gasteiger partial charge in [0.25, 0.3) is 0 Å². The SMILES string of the molecule is CC/C=C\C/C=C\C/C=C\C/C=C\CCCCC(=O)OCC(COC1OC(C(=O)O)C(O)C(O)C1OC(=O)CCCCCCCCCCC/C=C\C/C=C\CCCCC)OC(=O)CCCCCCC/C=C\CCCCCCCC. The molecule has 1 heterocycles. The van der Waals surface area contributed by atoms with Crippen LogP contribution in [-0.2, 0) is 42.9 Å². The van der Waals surface area contributed by atoms with Gasteiger partial charge in [0, 0.05) is 19.3 Å². The van der Waals surface area contributed by atoms with Gasteiger partial charge in [-0.3, -0.25) is 14.4 Å². The summed E-state index contributed by atoms with van der Waals surface area (Å²) in [5.74, 6) is -3.19. The molecule has 452 valence electrons. The first-order chi connectivity index (χ1) is 38.6. The number of esters is 3. The van der Waals surface area contributed by atoms with Gasteiger partial charge in [-0.05, 0) is 116 Å². The van der Waals surface area contributed by atoms with Crippen LogP contribution in [0.1, 0.15) is 265 Å². The number of hydrogen-bond donors (Lipinski definition) is 3. The summed E-state index contributed by atoms with van der Waals surface area (Å²) in [5, 5.41) is 31.6. The maximum absolute atomic E-state index is 13.2. The van der Waals surface area contributed by atoms with Crippen LogP contribution >= 0.6 is 0 Å². The van der Waals surface area contributed by atoms with Gasteiger partial charge in [-0.25, -0.2) is 4.79 Å². The molecule has 1 saturated heterocycles. The number of carboxylic acid groups (broad SMARTS) is 1. The Morgan fingerprint density at radius 3 is 1.28 bits per heavy atom.